The van der Waals surface area contributed by atoms with Crippen LogP contribution in [0.4, 0.5) is 0 Å². The van der Waals surface area contributed by atoms with E-state index >= 15 is 0 Å². The Morgan fingerprint density at radius 3 is 2.45 bits per heavy atom. The first-order valence-corrected chi connectivity index (χ1v) is 7.31. The molecule has 3 nitrogen and oxygen atoms in total. The van der Waals surface area contributed by atoms with Gasteiger partial charge in [0.15, 0.2) is 0 Å². The van der Waals surface area contributed by atoms with Crippen LogP contribution < -0.4 is 5.32 Å². The number of nitrogens with one attached hydrogen (secondary N) is 1. The SMILES string of the molecule is CCNC(Cc1cccc(C#Cc2ccccc2)c1)C(=O)O. The van der Waals surface area contributed by atoms with Crippen LogP contribution in [0.25, 0.3) is 0 Å². The molecule has 2 rings (SSSR count). The topological polar surface area (TPSA) is 49.3 Å². The van der Waals surface area contributed by atoms with Gasteiger partial charge in [0.2, 0.25) is 0 Å². The van der Waals surface area contributed by atoms with Gasteiger partial charge in [-0.15, -0.1) is 0 Å². The summed E-state index contributed by atoms with van der Waals surface area (Å²) < 4.78 is 0. The molecule has 2 aromatic carbocycles. The maximum Gasteiger partial charge on any atom is 0.321 e. The third-order valence-electron chi connectivity index (χ3n) is 3.24. The third kappa shape index (κ3) is 4.76. The summed E-state index contributed by atoms with van der Waals surface area (Å²) in [4.78, 5) is 11.2. The molecule has 0 bridgehead atoms. The van der Waals surface area contributed by atoms with E-state index < -0.39 is 12.0 Å². The standard InChI is InChI=1S/C19H19NO2/c1-2-20-18(19(21)22)14-17-10-6-9-16(13-17)12-11-15-7-4-3-5-8-15/h3-10,13,18,20H,2,14H2,1H3,(H,21,22). The molecule has 2 N–H and O–H groups in total. The smallest absolute Gasteiger partial charge is 0.321 e. The van der Waals surface area contributed by atoms with Crippen LogP contribution in [0, 0.1) is 11.8 Å². The quantitative estimate of drug-likeness (QED) is 0.833. The summed E-state index contributed by atoms with van der Waals surface area (Å²) in [7, 11) is 0. The van der Waals surface area contributed by atoms with Crippen molar-refractivity contribution in [1.29, 1.82) is 0 Å². The van der Waals surface area contributed by atoms with Gasteiger partial charge in [-0.3, -0.25) is 4.79 Å². The van der Waals surface area contributed by atoms with Gasteiger partial charge in [-0.05, 0) is 42.8 Å². The molecule has 3 heteroatoms. The van der Waals surface area contributed by atoms with E-state index in [2.05, 4.69) is 17.2 Å². The fraction of sp³-hybridized carbons (Fsp3) is 0.211. The summed E-state index contributed by atoms with van der Waals surface area (Å²) in [6.07, 6.45) is 0.448. The Hall–Kier alpha value is -2.57. The summed E-state index contributed by atoms with van der Waals surface area (Å²) >= 11 is 0. The van der Waals surface area contributed by atoms with E-state index in [1.807, 2.05) is 61.5 Å². The van der Waals surface area contributed by atoms with Crippen LogP contribution >= 0.6 is 0 Å². The number of benzene rings is 2. The van der Waals surface area contributed by atoms with Crippen molar-refractivity contribution >= 4 is 5.97 Å². The van der Waals surface area contributed by atoms with Gasteiger partial charge < -0.3 is 10.4 Å². The second-order valence-electron chi connectivity index (χ2n) is 4.97. The number of carboxylic acids is 1. The molecule has 0 saturated carbocycles. The van der Waals surface area contributed by atoms with E-state index in [0.717, 1.165) is 16.7 Å². The van der Waals surface area contributed by atoms with Crippen LogP contribution in [0.15, 0.2) is 54.6 Å². The molecule has 1 unspecified atom stereocenters. The fourth-order valence-electron chi connectivity index (χ4n) is 2.17. The van der Waals surface area contributed by atoms with Crippen molar-refractivity contribution in [3.05, 3.63) is 71.3 Å². The average molecular weight is 293 g/mol. The van der Waals surface area contributed by atoms with Crippen LogP contribution in [0.1, 0.15) is 23.6 Å². The zero-order valence-corrected chi connectivity index (χ0v) is 12.5. The first-order valence-electron chi connectivity index (χ1n) is 7.31. The molecule has 0 aromatic heterocycles. The number of hydrogen-bond donors (Lipinski definition) is 2. The molecule has 0 radical (unpaired) electrons. The lowest BCUT2D eigenvalue weighted by Gasteiger charge is -2.13. The van der Waals surface area contributed by atoms with E-state index in [-0.39, 0.29) is 0 Å². The number of aliphatic carboxylic acids is 1. The van der Waals surface area contributed by atoms with Gasteiger partial charge in [0.25, 0.3) is 0 Å². The molecule has 0 spiro atoms. The second-order valence-corrected chi connectivity index (χ2v) is 4.97. The van der Waals surface area contributed by atoms with Gasteiger partial charge >= 0.3 is 5.97 Å². The predicted molar refractivity (Wildman–Crippen MR) is 87.7 cm³/mol. The van der Waals surface area contributed by atoms with Gasteiger partial charge in [0, 0.05) is 11.1 Å². The molecular formula is C19H19NO2. The lowest BCUT2D eigenvalue weighted by Crippen LogP contribution is -2.38. The van der Waals surface area contributed by atoms with E-state index in [0.29, 0.717) is 13.0 Å². The zero-order chi connectivity index (χ0) is 15.8. The highest BCUT2D eigenvalue weighted by atomic mass is 16.4. The molecule has 0 aliphatic rings. The van der Waals surface area contributed by atoms with Crippen molar-refractivity contribution < 1.29 is 9.90 Å². The molecule has 0 saturated heterocycles. The number of rotatable bonds is 5. The average Bonchev–Trinajstić information content (AvgIpc) is 2.54. The minimum Gasteiger partial charge on any atom is -0.480 e. The van der Waals surface area contributed by atoms with Gasteiger partial charge in [0.05, 0.1) is 0 Å². The highest BCUT2D eigenvalue weighted by Crippen LogP contribution is 2.08. The van der Waals surface area contributed by atoms with Gasteiger partial charge in [0.1, 0.15) is 6.04 Å². The number of carboxylic acid groups (broad SMARTS) is 1. The Morgan fingerprint density at radius 1 is 1.09 bits per heavy atom. The normalized spacial score (nSPS) is 11.3. The van der Waals surface area contributed by atoms with Crippen LogP contribution in [-0.2, 0) is 11.2 Å². The summed E-state index contributed by atoms with van der Waals surface area (Å²) in [5, 5.41) is 12.2. The maximum atomic E-state index is 11.2. The highest BCUT2D eigenvalue weighted by molar-refractivity contribution is 5.73. The van der Waals surface area contributed by atoms with Gasteiger partial charge in [-0.1, -0.05) is 49.1 Å². The number of carbonyl (C=O) groups is 1. The molecule has 1 atom stereocenters. The van der Waals surface area contributed by atoms with Crippen molar-refractivity contribution in [2.24, 2.45) is 0 Å². The number of likely N-dealkylation sites (N-methyl/N-ethyl adjacent to an activating group) is 1. The summed E-state index contributed by atoms with van der Waals surface area (Å²) in [5.74, 6) is 5.39. The van der Waals surface area contributed by atoms with Crippen molar-refractivity contribution in [3.8, 4) is 11.8 Å². The molecule has 0 heterocycles. The Bertz CT molecular complexity index is 683. The molecular weight excluding hydrogens is 274 g/mol. The zero-order valence-electron chi connectivity index (χ0n) is 12.5. The minimum absolute atomic E-state index is 0.448. The van der Waals surface area contributed by atoms with Crippen molar-refractivity contribution in [2.45, 2.75) is 19.4 Å². The molecule has 0 amide bonds. The first kappa shape index (κ1) is 15.8. The van der Waals surface area contributed by atoms with Gasteiger partial charge in [-0.25, -0.2) is 0 Å². The largest absolute Gasteiger partial charge is 0.480 e. The first-order chi connectivity index (χ1) is 10.7. The molecule has 22 heavy (non-hydrogen) atoms. The van der Waals surface area contributed by atoms with E-state index in [1.165, 1.54) is 0 Å². The molecule has 2 aromatic rings. The van der Waals surface area contributed by atoms with Crippen LogP contribution in [-0.4, -0.2) is 23.7 Å². The van der Waals surface area contributed by atoms with E-state index in [9.17, 15) is 9.90 Å². The summed E-state index contributed by atoms with van der Waals surface area (Å²) in [5.41, 5.74) is 2.82. The second kappa shape index (κ2) is 8.02. The summed E-state index contributed by atoms with van der Waals surface area (Å²) in [6, 6.07) is 16.9. The fourth-order valence-corrected chi connectivity index (χ4v) is 2.17. The predicted octanol–water partition coefficient (Wildman–Crippen LogP) is 2.69. The molecule has 0 fully saturated rings. The minimum atomic E-state index is -0.831. The summed E-state index contributed by atoms with van der Waals surface area (Å²) in [6.45, 7) is 2.53. The van der Waals surface area contributed by atoms with E-state index in [1.54, 1.807) is 0 Å². The highest BCUT2D eigenvalue weighted by Gasteiger charge is 2.16. The van der Waals surface area contributed by atoms with Crippen molar-refractivity contribution in [3.63, 3.8) is 0 Å². The Kier molecular flexibility index (Phi) is 5.76. The van der Waals surface area contributed by atoms with Crippen LogP contribution in [0.3, 0.4) is 0 Å². The Labute approximate surface area is 131 Å². The molecule has 112 valence electrons. The maximum absolute atomic E-state index is 11.2. The van der Waals surface area contributed by atoms with Crippen LogP contribution in [0.5, 0.6) is 0 Å². The lowest BCUT2D eigenvalue weighted by atomic mass is 10.0. The van der Waals surface area contributed by atoms with E-state index in [4.69, 9.17) is 0 Å². The van der Waals surface area contributed by atoms with Crippen molar-refractivity contribution in [1.82, 2.24) is 5.32 Å². The van der Waals surface area contributed by atoms with Crippen molar-refractivity contribution in [2.75, 3.05) is 6.54 Å². The number of hydrogen-bond acceptors (Lipinski definition) is 2. The van der Waals surface area contributed by atoms with Crippen LogP contribution in [0.2, 0.25) is 0 Å². The monoisotopic (exact) mass is 293 g/mol. The molecule has 0 aliphatic carbocycles. The Morgan fingerprint density at radius 2 is 1.77 bits per heavy atom. The lowest BCUT2D eigenvalue weighted by molar-refractivity contribution is -0.139. The third-order valence-corrected chi connectivity index (χ3v) is 3.24. The van der Waals surface area contributed by atoms with Gasteiger partial charge in [-0.2, -0.15) is 0 Å². The Balaban J connectivity index is 2.13. The molecule has 0 aliphatic heterocycles.